The van der Waals surface area contributed by atoms with Gasteiger partial charge in [-0.05, 0) is 45.7 Å². The lowest BCUT2D eigenvalue weighted by molar-refractivity contribution is 0.198. The number of rotatable bonds is 2. The average Bonchev–Trinajstić information content (AvgIpc) is 2.17. The van der Waals surface area contributed by atoms with Crippen LogP contribution >= 0.6 is 11.8 Å². The van der Waals surface area contributed by atoms with Crippen LogP contribution in [0.3, 0.4) is 0 Å². The monoisotopic (exact) mass is 228 g/mol. The third-order valence-electron chi connectivity index (χ3n) is 3.48. The van der Waals surface area contributed by atoms with Crippen LogP contribution in [0.5, 0.6) is 0 Å². The van der Waals surface area contributed by atoms with Gasteiger partial charge in [-0.3, -0.25) is 0 Å². The van der Waals surface area contributed by atoms with E-state index in [4.69, 9.17) is 0 Å². The van der Waals surface area contributed by atoms with Crippen LogP contribution < -0.4 is 5.32 Å². The summed E-state index contributed by atoms with van der Waals surface area (Å²) in [6.07, 6.45) is 2.76. The van der Waals surface area contributed by atoms with Gasteiger partial charge in [-0.1, -0.05) is 0 Å². The highest BCUT2D eigenvalue weighted by Gasteiger charge is 2.28. The summed E-state index contributed by atoms with van der Waals surface area (Å²) < 4.78 is 0.477. The third kappa shape index (κ3) is 3.65. The Morgan fingerprint density at radius 3 is 2.73 bits per heavy atom. The van der Waals surface area contributed by atoms with Crippen LogP contribution in [0, 0.1) is 5.92 Å². The zero-order valence-corrected chi connectivity index (χ0v) is 10.9. The Kier molecular flexibility index (Phi) is 3.97. The van der Waals surface area contributed by atoms with E-state index in [9.17, 15) is 0 Å². The van der Waals surface area contributed by atoms with Crippen molar-refractivity contribution in [1.29, 1.82) is 0 Å². The molecule has 0 aromatic carbocycles. The molecule has 2 heterocycles. The van der Waals surface area contributed by atoms with Crippen LogP contribution in [0.15, 0.2) is 0 Å². The number of piperidine rings is 1. The Balaban J connectivity index is 1.78. The van der Waals surface area contributed by atoms with Crippen LogP contribution in [0.2, 0.25) is 0 Å². The number of nitrogens with zero attached hydrogens (tertiary/aromatic N) is 1. The number of hydrogen-bond donors (Lipinski definition) is 1. The van der Waals surface area contributed by atoms with E-state index >= 15 is 0 Å². The van der Waals surface area contributed by atoms with E-state index in [1.54, 1.807) is 0 Å². The highest BCUT2D eigenvalue weighted by molar-refractivity contribution is 8.00. The van der Waals surface area contributed by atoms with E-state index in [1.165, 1.54) is 51.3 Å². The molecule has 1 N–H and O–H groups in total. The fourth-order valence-corrected chi connectivity index (χ4v) is 3.88. The quantitative estimate of drug-likeness (QED) is 0.776. The molecule has 88 valence electrons. The lowest BCUT2D eigenvalue weighted by Gasteiger charge is -2.39. The number of nitrogens with one attached hydrogen (secondary N) is 1. The largest absolute Gasteiger partial charge is 0.317 e. The van der Waals surface area contributed by atoms with Gasteiger partial charge in [0.2, 0.25) is 0 Å². The maximum absolute atomic E-state index is 3.45. The second-order valence-corrected chi connectivity index (χ2v) is 7.34. The minimum Gasteiger partial charge on any atom is -0.317 e. The first-order valence-electron chi connectivity index (χ1n) is 6.23. The summed E-state index contributed by atoms with van der Waals surface area (Å²) in [6, 6.07) is 0. The fraction of sp³-hybridized carbons (Fsp3) is 1.00. The summed E-state index contributed by atoms with van der Waals surface area (Å²) in [7, 11) is 0. The van der Waals surface area contributed by atoms with Gasteiger partial charge in [-0.2, -0.15) is 11.8 Å². The molecule has 2 saturated heterocycles. The lowest BCUT2D eigenvalue weighted by Crippen LogP contribution is -2.46. The molecule has 15 heavy (non-hydrogen) atoms. The van der Waals surface area contributed by atoms with Crippen LogP contribution in [-0.2, 0) is 0 Å². The Hall–Kier alpha value is 0.270. The minimum atomic E-state index is 0.477. The standard InChI is InChI=1S/C12H24N2S/c1-12(2)10-14(7-8-15-12)9-11-3-5-13-6-4-11/h11,13H,3-10H2,1-2H3. The average molecular weight is 228 g/mol. The maximum atomic E-state index is 3.45. The zero-order valence-electron chi connectivity index (χ0n) is 10.1. The van der Waals surface area contributed by atoms with Crippen molar-refractivity contribution in [3.05, 3.63) is 0 Å². The summed E-state index contributed by atoms with van der Waals surface area (Å²) in [6.45, 7) is 11.1. The Bertz CT molecular complexity index is 200. The van der Waals surface area contributed by atoms with Crippen LogP contribution in [0.25, 0.3) is 0 Å². The van der Waals surface area contributed by atoms with Gasteiger partial charge in [-0.15, -0.1) is 0 Å². The van der Waals surface area contributed by atoms with Crippen molar-refractivity contribution in [2.45, 2.75) is 31.4 Å². The van der Waals surface area contributed by atoms with Gasteiger partial charge in [0, 0.05) is 30.1 Å². The molecule has 2 rings (SSSR count). The molecule has 2 aliphatic heterocycles. The maximum Gasteiger partial charge on any atom is 0.0231 e. The molecular weight excluding hydrogens is 204 g/mol. The summed E-state index contributed by atoms with van der Waals surface area (Å²) in [4.78, 5) is 2.69. The second-order valence-electron chi connectivity index (χ2n) is 5.54. The summed E-state index contributed by atoms with van der Waals surface area (Å²) in [5.41, 5.74) is 0. The molecule has 0 radical (unpaired) electrons. The molecule has 0 aromatic heterocycles. The molecular formula is C12H24N2S. The zero-order chi connectivity index (χ0) is 10.7. The van der Waals surface area contributed by atoms with E-state index in [-0.39, 0.29) is 0 Å². The third-order valence-corrected chi connectivity index (χ3v) is 4.78. The van der Waals surface area contributed by atoms with E-state index in [2.05, 4.69) is 35.8 Å². The van der Waals surface area contributed by atoms with Crippen LogP contribution in [-0.4, -0.2) is 48.1 Å². The molecule has 2 aliphatic rings. The summed E-state index contributed by atoms with van der Waals surface area (Å²) in [5, 5.41) is 3.45. The van der Waals surface area contributed by atoms with Crippen molar-refractivity contribution in [3.63, 3.8) is 0 Å². The van der Waals surface area contributed by atoms with Crippen molar-refractivity contribution in [3.8, 4) is 0 Å². The van der Waals surface area contributed by atoms with Gasteiger partial charge in [0.15, 0.2) is 0 Å². The topological polar surface area (TPSA) is 15.3 Å². The van der Waals surface area contributed by atoms with Crippen molar-refractivity contribution in [1.82, 2.24) is 10.2 Å². The van der Waals surface area contributed by atoms with Gasteiger partial charge in [0.05, 0.1) is 0 Å². The van der Waals surface area contributed by atoms with Crippen LogP contribution in [0.1, 0.15) is 26.7 Å². The van der Waals surface area contributed by atoms with Gasteiger partial charge in [0.1, 0.15) is 0 Å². The van der Waals surface area contributed by atoms with E-state index in [0.717, 1.165) is 5.92 Å². The van der Waals surface area contributed by atoms with Crippen molar-refractivity contribution in [2.24, 2.45) is 5.92 Å². The number of hydrogen-bond acceptors (Lipinski definition) is 3. The van der Waals surface area contributed by atoms with Gasteiger partial charge in [-0.25, -0.2) is 0 Å². The Morgan fingerprint density at radius 2 is 2.07 bits per heavy atom. The number of thioether (sulfide) groups is 1. The molecule has 0 saturated carbocycles. The Labute approximate surface area is 98.2 Å². The molecule has 2 fully saturated rings. The molecule has 0 amide bonds. The molecule has 0 aliphatic carbocycles. The summed E-state index contributed by atoms with van der Waals surface area (Å²) in [5.74, 6) is 2.27. The first kappa shape index (κ1) is 11.7. The van der Waals surface area contributed by atoms with E-state index in [0.29, 0.717) is 4.75 Å². The normalized spacial score (nSPS) is 29.2. The van der Waals surface area contributed by atoms with Crippen molar-refractivity contribution < 1.29 is 0 Å². The first-order valence-corrected chi connectivity index (χ1v) is 7.21. The van der Waals surface area contributed by atoms with Gasteiger partial charge >= 0.3 is 0 Å². The highest BCUT2D eigenvalue weighted by Crippen LogP contribution is 2.30. The van der Waals surface area contributed by atoms with Gasteiger partial charge < -0.3 is 10.2 Å². The van der Waals surface area contributed by atoms with Crippen molar-refractivity contribution in [2.75, 3.05) is 38.5 Å². The predicted octanol–water partition coefficient (Wildman–Crippen LogP) is 1.81. The minimum absolute atomic E-state index is 0.477. The molecule has 0 bridgehead atoms. The van der Waals surface area contributed by atoms with Crippen molar-refractivity contribution >= 4 is 11.8 Å². The SMILES string of the molecule is CC1(C)CN(CC2CCNCC2)CCS1. The second kappa shape index (κ2) is 5.07. The van der Waals surface area contributed by atoms with Crippen LogP contribution in [0.4, 0.5) is 0 Å². The molecule has 0 atom stereocenters. The highest BCUT2D eigenvalue weighted by atomic mass is 32.2. The molecule has 0 spiro atoms. The molecule has 2 nitrogen and oxygen atoms in total. The Morgan fingerprint density at radius 1 is 1.33 bits per heavy atom. The molecule has 0 aromatic rings. The predicted molar refractivity (Wildman–Crippen MR) is 68.6 cm³/mol. The summed E-state index contributed by atoms with van der Waals surface area (Å²) >= 11 is 2.13. The van der Waals surface area contributed by atoms with E-state index in [1.807, 2.05) is 0 Å². The van der Waals surface area contributed by atoms with Gasteiger partial charge in [0.25, 0.3) is 0 Å². The molecule has 3 heteroatoms. The van der Waals surface area contributed by atoms with E-state index < -0.39 is 0 Å². The fourth-order valence-electron chi connectivity index (χ4n) is 2.70. The molecule has 0 unspecified atom stereocenters. The smallest absolute Gasteiger partial charge is 0.0231 e. The lowest BCUT2D eigenvalue weighted by atomic mass is 9.97. The first-order chi connectivity index (χ1) is 7.16.